The largest absolute Gasteiger partial charge is 0.310 e. The number of hydrogen-bond acceptors (Lipinski definition) is 1. The van der Waals surface area contributed by atoms with Gasteiger partial charge in [0.25, 0.3) is 0 Å². The molecule has 0 bridgehead atoms. The average Bonchev–Trinajstić information content (AvgIpc) is 4.08. The molecule has 0 aliphatic rings. The Hall–Kier alpha value is -9.64. The maximum absolute atomic E-state index is 2.56. The van der Waals surface area contributed by atoms with E-state index in [0.29, 0.717) is 0 Å². The lowest BCUT2D eigenvalue weighted by Gasteiger charge is -2.25. The van der Waals surface area contributed by atoms with Crippen molar-refractivity contribution in [2.75, 3.05) is 4.90 Å². The number of hydrogen-bond donors (Lipinski definition) is 0. The van der Waals surface area contributed by atoms with Gasteiger partial charge in [-0.1, -0.05) is 170 Å². The number of para-hydroxylation sites is 4. The first kappa shape index (κ1) is 40.3. The fourth-order valence-electron chi connectivity index (χ4n) is 11.8. The van der Waals surface area contributed by atoms with Gasteiger partial charge >= 0.3 is 0 Å². The lowest BCUT2D eigenvalue weighted by molar-refractivity contribution is 1.17. The Morgan fingerprint density at radius 3 is 1.43 bits per heavy atom. The summed E-state index contributed by atoms with van der Waals surface area (Å²) in [6.45, 7) is 0. The van der Waals surface area contributed by atoms with Crippen LogP contribution in [0.15, 0.2) is 267 Å². The van der Waals surface area contributed by atoms with Crippen LogP contribution in [0.4, 0.5) is 17.1 Å². The monoisotopic (exact) mass is 916 g/mol. The highest BCUT2D eigenvalue weighted by Gasteiger charge is 2.26. The molecule has 0 atom stereocenters. The maximum Gasteiger partial charge on any atom is 0.0804 e. The highest BCUT2D eigenvalue weighted by Crippen LogP contribution is 2.47. The van der Waals surface area contributed by atoms with Gasteiger partial charge in [-0.15, -0.1) is 0 Å². The standard InChI is InChI=1S/C68H44N4/c1-3-21-50(22-4-1)69(51-23-5-2-6-24-51)53-35-39-66-61(43-53)67-68(72(66)64-40-37-55(56-25-11-12-26-57(56)64)49-32-31-45-17-7-9-19-47(45)41-49)60-44-54(70-62-29-15-13-27-58(62)59-28-14-16-30-63(59)70)36-38-65(60)71(67)52-34-33-46-18-8-10-20-48(46)42-52/h1-44H. The summed E-state index contributed by atoms with van der Waals surface area (Å²) in [5.74, 6) is 0. The second-order valence-electron chi connectivity index (χ2n) is 18.9. The minimum absolute atomic E-state index is 1.08. The van der Waals surface area contributed by atoms with Gasteiger partial charge in [0.1, 0.15) is 0 Å². The molecule has 0 aliphatic heterocycles. The lowest BCUT2D eigenvalue weighted by Crippen LogP contribution is -2.09. The molecule has 3 heterocycles. The molecule has 0 saturated heterocycles. The van der Waals surface area contributed by atoms with Crippen molar-refractivity contribution in [2.45, 2.75) is 0 Å². The van der Waals surface area contributed by atoms with Crippen LogP contribution in [0.2, 0.25) is 0 Å². The first-order valence-corrected chi connectivity index (χ1v) is 24.8. The summed E-state index contributed by atoms with van der Waals surface area (Å²) in [6, 6.07) is 98.0. The third-order valence-corrected chi connectivity index (χ3v) is 14.9. The van der Waals surface area contributed by atoms with Gasteiger partial charge < -0.3 is 18.6 Å². The van der Waals surface area contributed by atoms with Crippen LogP contribution < -0.4 is 4.90 Å². The molecule has 336 valence electrons. The highest BCUT2D eigenvalue weighted by molar-refractivity contribution is 6.22. The third kappa shape index (κ3) is 6.12. The Bertz CT molecular complexity index is 4540. The zero-order chi connectivity index (χ0) is 47.3. The zero-order valence-corrected chi connectivity index (χ0v) is 39.2. The van der Waals surface area contributed by atoms with E-state index in [1.54, 1.807) is 0 Å². The normalized spacial score (nSPS) is 11.9. The summed E-state index contributed by atoms with van der Waals surface area (Å²) < 4.78 is 7.53. The molecule has 4 nitrogen and oxygen atoms in total. The van der Waals surface area contributed by atoms with Crippen LogP contribution in [-0.4, -0.2) is 13.7 Å². The molecular weight excluding hydrogens is 873 g/mol. The molecule has 0 spiro atoms. The van der Waals surface area contributed by atoms with E-state index in [2.05, 4.69) is 286 Å². The van der Waals surface area contributed by atoms with Gasteiger partial charge in [0, 0.05) is 55.4 Å². The van der Waals surface area contributed by atoms with Crippen molar-refractivity contribution < 1.29 is 0 Å². The smallest absolute Gasteiger partial charge is 0.0804 e. The van der Waals surface area contributed by atoms with Crippen LogP contribution in [0.3, 0.4) is 0 Å². The Morgan fingerprint density at radius 1 is 0.250 bits per heavy atom. The summed E-state index contributed by atoms with van der Waals surface area (Å²) in [5, 5.41) is 12.1. The van der Waals surface area contributed by atoms with Crippen molar-refractivity contribution in [3.8, 4) is 28.2 Å². The van der Waals surface area contributed by atoms with Crippen molar-refractivity contribution in [1.82, 2.24) is 13.7 Å². The van der Waals surface area contributed by atoms with E-state index in [-0.39, 0.29) is 0 Å². The third-order valence-electron chi connectivity index (χ3n) is 14.9. The Kier molecular flexibility index (Phi) is 8.92. The first-order valence-electron chi connectivity index (χ1n) is 24.8. The topological polar surface area (TPSA) is 18.0 Å². The van der Waals surface area contributed by atoms with Crippen LogP contribution in [0.1, 0.15) is 0 Å². The number of fused-ring (bicyclic) bond motifs is 11. The van der Waals surface area contributed by atoms with Crippen molar-refractivity contribution >= 4 is 104 Å². The molecule has 0 saturated carbocycles. The SMILES string of the molecule is c1ccc(N(c2ccccc2)c2ccc3c(c2)c2c(c4cc(-n5c6ccccc6c6ccccc65)ccc4n2-c2ccc4ccccc4c2)n3-c2ccc(-c3ccc4ccccc4c3)c3ccccc23)cc1. The summed E-state index contributed by atoms with van der Waals surface area (Å²) in [7, 11) is 0. The van der Waals surface area contributed by atoms with Gasteiger partial charge in [0.15, 0.2) is 0 Å². The number of benzene rings is 12. The fraction of sp³-hybridized carbons (Fsp3) is 0. The lowest BCUT2D eigenvalue weighted by atomic mass is 9.95. The molecular formula is C68H44N4. The molecule has 0 amide bonds. The van der Waals surface area contributed by atoms with Gasteiger partial charge in [-0.2, -0.15) is 0 Å². The van der Waals surface area contributed by atoms with Gasteiger partial charge in [-0.25, -0.2) is 0 Å². The summed E-state index contributed by atoms with van der Waals surface area (Å²) in [4.78, 5) is 2.37. The van der Waals surface area contributed by atoms with E-state index in [1.807, 2.05) is 0 Å². The maximum atomic E-state index is 2.56. The molecule has 72 heavy (non-hydrogen) atoms. The molecule has 0 fully saturated rings. The first-order chi connectivity index (χ1) is 35.7. The van der Waals surface area contributed by atoms with Crippen LogP contribution >= 0.6 is 0 Å². The fourth-order valence-corrected chi connectivity index (χ4v) is 11.8. The second kappa shape index (κ2) is 16.0. The van der Waals surface area contributed by atoms with E-state index in [9.17, 15) is 0 Å². The Labute approximate surface area is 415 Å². The predicted octanol–water partition coefficient (Wildman–Crippen LogP) is 18.4. The summed E-state index contributed by atoms with van der Waals surface area (Å²) >= 11 is 0. The molecule has 0 N–H and O–H groups in total. The number of aromatic nitrogens is 3. The van der Waals surface area contributed by atoms with Crippen LogP contribution in [0, 0.1) is 0 Å². The molecule has 15 aromatic rings. The van der Waals surface area contributed by atoms with Crippen molar-refractivity contribution in [3.05, 3.63) is 267 Å². The van der Waals surface area contributed by atoms with E-state index < -0.39 is 0 Å². The second-order valence-corrected chi connectivity index (χ2v) is 18.9. The minimum Gasteiger partial charge on any atom is -0.310 e. The Balaban J connectivity index is 1.09. The number of nitrogens with zero attached hydrogens (tertiary/aromatic N) is 4. The molecule has 0 unspecified atom stereocenters. The predicted molar refractivity (Wildman–Crippen MR) is 305 cm³/mol. The molecule has 3 aromatic heterocycles. The number of anilines is 3. The summed E-state index contributed by atoms with van der Waals surface area (Å²) in [5.41, 5.74) is 16.0. The molecule has 12 aromatic carbocycles. The molecule has 0 radical (unpaired) electrons. The Morgan fingerprint density at radius 2 is 0.736 bits per heavy atom. The molecule has 15 rings (SSSR count). The van der Waals surface area contributed by atoms with Gasteiger partial charge in [0.05, 0.1) is 38.8 Å². The minimum atomic E-state index is 1.08. The average molecular weight is 917 g/mol. The van der Waals surface area contributed by atoms with Crippen molar-refractivity contribution in [2.24, 2.45) is 0 Å². The quantitative estimate of drug-likeness (QED) is 0.156. The van der Waals surface area contributed by atoms with E-state index in [4.69, 9.17) is 0 Å². The molecule has 4 heteroatoms. The van der Waals surface area contributed by atoms with Gasteiger partial charge in [-0.3, -0.25) is 0 Å². The van der Waals surface area contributed by atoms with Crippen molar-refractivity contribution in [1.29, 1.82) is 0 Å². The van der Waals surface area contributed by atoms with Gasteiger partial charge in [-0.05, 0) is 135 Å². The highest BCUT2D eigenvalue weighted by atomic mass is 15.1. The van der Waals surface area contributed by atoms with E-state index >= 15 is 0 Å². The molecule has 0 aliphatic carbocycles. The van der Waals surface area contributed by atoms with E-state index in [1.165, 1.54) is 70.6 Å². The van der Waals surface area contributed by atoms with Crippen molar-refractivity contribution in [3.63, 3.8) is 0 Å². The van der Waals surface area contributed by atoms with Crippen LogP contribution in [0.25, 0.3) is 115 Å². The van der Waals surface area contributed by atoms with Crippen LogP contribution in [-0.2, 0) is 0 Å². The number of rotatable bonds is 7. The summed E-state index contributed by atoms with van der Waals surface area (Å²) in [6.07, 6.45) is 0. The van der Waals surface area contributed by atoms with E-state index in [0.717, 1.165) is 61.6 Å². The van der Waals surface area contributed by atoms with Crippen LogP contribution in [0.5, 0.6) is 0 Å². The van der Waals surface area contributed by atoms with Gasteiger partial charge in [0.2, 0.25) is 0 Å². The zero-order valence-electron chi connectivity index (χ0n) is 39.2.